The summed E-state index contributed by atoms with van der Waals surface area (Å²) >= 11 is 0. The van der Waals surface area contributed by atoms with Crippen molar-refractivity contribution in [2.24, 2.45) is 0 Å². The molecule has 3 rings (SSSR count). The van der Waals surface area contributed by atoms with Crippen LogP contribution in [0.5, 0.6) is 5.88 Å². The second-order valence-electron chi connectivity index (χ2n) is 4.70. The van der Waals surface area contributed by atoms with E-state index in [2.05, 4.69) is 32.7 Å². The first kappa shape index (κ1) is 12.7. The first-order valence-electron chi connectivity index (χ1n) is 6.94. The number of fused-ring (bicyclic) bond motifs is 1. The van der Waals surface area contributed by atoms with Crippen molar-refractivity contribution in [1.29, 1.82) is 0 Å². The molecule has 1 aliphatic heterocycles. The van der Waals surface area contributed by atoms with E-state index in [1.807, 2.05) is 13.0 Å². The van der Waals surface area contributed by atoms with Crippen LogP contribution in [0.1, 0.15) is 18.9 Å². The standard InChI is InChI=1S/C15H18N4O/c1-2-20-15-10-16-9-14(19-15)18-12-5-6-13-11(8-12)4-3-7-17-13/h5-6,8-10,17H,2-4,7H2,1H3,(H,18,19). The smallest absolute Gasteiger partial charge is 0.234 e. The topological polar surface area (TPSA) is 59.1 Å². The Morgan fingerprint density at radius 3 is 3.20 bits per heavy atom. The van der Waals surface area contributed by atoms with E-state index >= 15 is 0 Å². The van der Waals surface area contributed by atoms with Crippen LogP contribution in [-0.2, 0) is 6.42 Å². The number of nitrogens with one attached hydrogen (secondary N) is 2. The maximum absolute atomic E-state index is 5.35. The summed E-state index contributed by atoms with van der Waals surface area (Å²) in [5.74, 6) is 1.23. The summed E-state index contributed by atoms with van der Waals surface area (Å²) in [6.07, 6.45) is 5.60. The molecule has 0 unspecified atom stereocenters. The summed E-state index contributed by atoms with van der Waals surface area (Å²) < 4.78 is 5.35. The van der Waals surface area contributed by atoms with Crippen molar-refractivity contribution in [2.75, 3.05) is 23.8 Å². The Morgan fingerprint density at radius 2 is 2.30 bits per heavy atom. The third-order valence-electron chi connectivity index (χ3n) is 3.22. The Balaban J connectivity index is 1.78. The number of nitrogens with zero attached hydrogens (tertiary/aromatic N) is 2. The average Bonchev–Trinajstić information content (AvgIpc) is 2.48. The Labute approximate surface area is 118 Å². The van der Waals surface area contributed by atoms with Gasteiger partial charge in [0.15, 0.2) is 5.82 Å². The van der Waals surface area contributed by atoms with Gasteiger partial charge in [0, 0.05) is 17.9 Å². The molecule has 0 radical (unpaired) electrons. The van der Waals surface area contributed by atoms with Gasteiger partial charge in [0.1, 0.15) is 0 Å². The van der Waals surface area contributed by atoms with Gasteiger partial charge in [-0.25, -0.2) is 0 Å². The molecule has 0 saturated heterocycles. The Morgan fingerprint density at radius 1 is 1.35 bits per heavy atom. The fourth-order valence-electron chi connectivity index (χ4n) is 2.33. The van der Waals surface area contributed by atoms with E-state index in [1.165, 1.54) is 17.7 Å². The van der Waals surface area contributed by atoms with Crippen molar-refractivity contribution in [3.05, 3.63) is 36.2 Å². The summed E-state index contributed by atoms with van der Waals surface area (Å²) in [4.78, 5) is 8.48. The number of anilines is 3. The van der Waals surface area contributed by atoms with Crippen LogP contribution in [-0.4, -0.2) is 23.1 Å². The summed E-state index contributed by atoms with van der Waals surface area (Å²) in [6, 6.07) is 6.32. The fourth-order valence-corrected chi connectivity index (χ4v) is 2.33. The summed E-state index contributed by atoms with van der Waals surface area (Å²) in [6.45, 7) is 3.57. The molecule has 5 heteroatoms. The van der Waals surface area contributed by atoms with Crippen LogP contribution in [0.3, 0.4) is 0 Å². The molecule has 1 aromatic carbocycles. The van der Waals surface area contributed by atoms with Crippen LogP contribution in [0, 0.1) is 0 Å². The maximum Gasteiger partial charge on any atom is 0.234 e. The lowest BCUT2D eigenvalue weighted by Gasteiger charge is -2.19. The van der Waals surface area contributed by atoms with E-state index < -0.39 is 0 Å². The number of aryl methyl sites for hydroxylation is 1. The minimum absolute atomic E-state index is 0.539. The SMILES string of the molecule is CCOc1cncc(Nc2ccc3c(c2)CCCN3)n1. The first-order chi connectivity index (χ1) is 9.85. The van der Waals surface area contributed by atoms with Gasteiger partial charge in [-0.3, -0.25) is 4.98 Å². The molecule has 5 nitrogen and oxygen atoms in total. The lowest BCUT2D eigenvalue weighted by Crippen LogP contribution is -2.11. The van der Waals surface area contributed by atoms with Crippen molar-refractivity contribution < 1.29 is 4.74 Å². The van der Waals surface area contributed by atoms with Crippen molar-refractivity contribution in [1.82, 2.24) is 9.97 Å². The Hall–Kier alpha value is -2.30. The number of aromatic nitrogens is 2. The molecule has 0 spiro atoms. The van der Waals surface area contributed by atoms with Crippen molar-refractivity contribution in [2.45, 2.75) is 19.8 Å². The second kappa shape index (κ2) is 5.77. The molecular weight excluding hydrogens is 252 g/mol. The highest BCUT2D eigenvalue weighted by Crippen LogP contribution is 2.26. The second-order valence-corrected chi connectivity index (χ2v) is 4.70. The molecule has 0 atom stereocenters. The first-order valence-corrected chi connectivity index (χ1v) is 6.94. The molecule has 0 aliphatic carbocycles. The number of hydrogen-bond acceptors (Lipinski definition) is 5. The highest BCUT2D eigenvalue weighted by atomic mass is 16.5. The van der Waals surface area contributed by atoms with E-state index in [4.69, 9.17) is 4.74 Å². The normalized spacial score (nSPS) is 13.2. The van der Waals surface area contributed by atoms with Crippen LogP contribution in [0.25, 0.3) is 0 Å². The summed E-state index contributed by atoms with van der Waals surface area (Å²) in [5, 5.41) is 6.68. The fraction of sp³-hybridized carbons (Fsp3) is 0.333. The van der Waals surface area contributed by atoms with Gasteiger partial charge >= 0.3 is 0 Å². The van der Waals surface area contributed by atoms with E-state index in [1.54, 1.807) is 12.4 Å². The van der Waals surface area contributed by atoms with E-state index in [9.17, 15) is 0 Å². The monoisotopic (exact) mass is 270 g/mol. The minimum Gasteiger partial charge on any atom is -0.477 e. The zero-order valence-corrected chi connectivity index (χ0v) is 11.5. The molecule has 104 valence electrons. The van der Waals surface area contributed by atoms with Gasteiger partial charge in [0.25, 0.3) is 0 Å². The predicted octanol–water partition coefficient (Wildman–Crippen LogP) is 2.98. The van der Waals surface area contributed by atoms with Gasteiger partial charge in [0.05, 0.1) is 19.0 Å². The lowest BCUT2D eigenvalue weighted by molar-refractivity contribution is 0.326. The van der Waals surface area contributed by atoms with Crippen LogP contribution in [0.15, 0.2) is 30.6 Å². The van der Waals surface area contributed by atoms with Crippen molar-refractivity contribution in [3.63, 3.8) is 0 Å². The predicted molar refractivity (Wildman–Crippen MR) is 79.7 cm³/mol. The zero-order chi connectivity index (χ0) is 13.8. The maximum atomic E-state index is 5.35. The molecular formula is C15H18N4O. The quantitative estimate of drug-likeness (QED) is 0.894. The van der Waals surface area contributed by atoms with Crippen LogP contribution >= 0.6 is 0 Å². The number of hydrogen-bond donors (Lipinski definition) is 2. The summed E-state index contributed by atoms with van der Waals surface area (Å²) in [7, 11) is 0. The average molecular weight is 270 g/mol. The van der Waals surface area contributed by atoms with Crippen LogP contribution in [0.4, 0.5) is 17.2 Å². The molecule has 2 N–H and O–H groups in total. The molecule has 0 fully saturated rings. The number of rotatable bonds is 4. The molecule has 2 heterocycles. The van der Waals surface area contributed by atoms with Crippen molar-refractivity contribution in [3.8, 4) is 5.88 Å². The van der Waals surface area contributed by atoms with E-state index in [-0.39, 0.29) is 0 Å². The highest BCUT2D eigenvalue weighted by molar-refractivity contribution is 5.64. The highest BCUT2D eigenvalue weighted by Gasteiger charge is 2.09. The van der Waals surface area contributed by atoms with Crippen molar-refractivity contribution >= 4 is 17.2 Å². The van der Waals surface area contributed by atoms with Gasteiger partial charge in [-0.2, -0.15) is 4.98 Å². The molecule has 0 bridgehead atoms. The van der Waals surface area contributed by atoms with Crippen LogP contribution < -0.4 is 15.4 Å². The molecule has 2 aromatic rings. The number of ether oxygens (including phenoxy) is 1. The molecule has 1 aliphatic rings. The third-order valence-corrected chi connectivity index (χ3v) is 3.22. The molecule has 0 saturated carbocycles. The van der Waals surface area contributed by atoms with Gasteiger partial charge in [-0.05, 0) is 43.5 Å². The van der Waals surface area contributed by atoms with Crippen LogP contribution in [0.2, 0.25) is 0 Å². The van der Waals surface area contributed by atoms with Gasteiger partial charge in [-0.1, -0.05) is 0 Å². The molecule has 20 heavy (non-hydrogen) atoms. The molecule has 0 amide bonds. The third kappa shape index (κ3) is 2.82. The minimum atomic E-state index is 0.539. The summed E-state index contributed by atoms with van der Waals surface area (Å²) in [5.41, 5.74) is 3.60. The van der Waals surface area contributed by atoms with E-state index in [0.29, 0.717) is 18.3 Å². The Bertz CT molecular complexity index is 600. The number of benzene rings is 1. The lowest BCUT2D eigenvalue weighted by atomic mass is 10.0. The largest absolute Gasteiger partial charge is 0.477 e. The molecule has 1 aromatic heterocycles. The Kier molecular flexibility index (Phi) is 3.67. The van der Waals surface area contributed by atoms with Gasteiger partial charge in [-0.15, -0.1) is 0 Å². The van der Waals surface area contributed by atoms with Gasteiger partial charge in [0.2, 0.25) is 5.88 Å². The van der Waals surface area contributed by atoms with Gasteiger partial charge < -0.3 is 15.4 Å². The van der Waals surface area contributed by atoms with E-state index in [0.717, 1.165) is 18.7 Å². The zero-order valence-electron chi connectivity index (χ0n) is 11.5.